The fourth-order valence-electron chi connectivity index (χ4n) is 1.64. The van der Waals surface area contributed by atoms with Crippen molar-refractivity contribution in [3.63, 3.8) is 0 Å². The van der Waals surface area contributed by atoms with Crippen LogP contribution in [0.15, 0.2) is 30.9 Å². The van der Waals surface area contributed by atoms with Crippen LogP contribution in [0.4, 0.5) is 23.7 Å². The van der Waals surface area contributed by atoms with E-state index in [0.717, 1.165) is 24.3 Å². The van der Waals surface area contributed by atoms with Crippen molar-refractivity contribution < 1.29 is 27.8 Å². The molecule has 0 aliphatic carbocycles. The lowest BCUT2D eigenvalue weighted by Gasteiger charge is -2.21. The van der Waals surface area contributed by atoms with Gasteiger partial charge in [0.2, 0.25) is 0 Å². The Morgan fingerprint density at radius 2 is 1.95 bits per heavy atom. The van der Waals surface area contributed by atoms with Gasteiger partial charge in [0.1, 0.15) is 5.60 Å². The van der Waals surface area contributed by atoms with Crippen molar-refractivity contribution >= 4 is 11.8 Å². The number of halogens is 3. The number of alkyl halides is 3. The third-order valence-electron chi connectivity index (χ3n) is 2.56. The lowest BCUT2D eigenvalue weighted by molar-refractivity contribution is -0.137. The minimum atomic E-state index is -4.57. The quantitative estimate of drug-likeness (QED) is 0.818. The van der Waals surface area contributed by atoms with Gasteiger partial charge < -0.3 is 9.84 Å². The summed E-state index contributed by atoms with van der Waals surface area (Å²) >= 11 is 0. The molecule has 1 atom stereocenters. The fourth-order valence-corrected chi connectivity index (χ4v) is 1.64. The minimum absolute atomic E-state index is 0.0915. The highest BCUT2D eigenvalue weighted by atomic mass is 19.4. The molecule has 0 saturated carbocycles. The molecule has 1 rings (SSSR count). The van der Waals surface area contributed by atoms with Gasteiger partial charge in [-0.15, -0.1) is 6.58 Å². The van der Waals surface area contributed by atoms with Crippen molar-refractivity contribution in [2.45, 2.75) is 38.7 Å². The number of benzene rings is 1. The maximum absolute atomic E-state index is 12.8. The van der Waals surface area contributed by atoms with E-state index in [1.165, 1.54) is 0 Å². The predicted octanol–water partition coefficient (Wildman–Crippen LogP) is 4.27. The van der Waals surface area contributed by atoms with Crippen LogP contribution in [0.3, 0.4) is 0 Å². The third-order valence-corrected chi connectivity index (χ3v) is 2.56. The number of carbonyl (C=O) groups is 1. The minimum Gasteiger partial charge on any atom is -0.444 e. The molecule has 0 bridgehead atoms. The van der Waals surface area contributed by atoms with Gasteiger partial charge in [-0.3, -0.25) is 5.32 Å². The average molecular weight is 317 g/mol. The van der Waals surface area contributed by atoms with Crippen molar-refractivity contribution in [1.82, 2.24) is 0 Å². The van der Waals surface area contributed by atoms with E-state index in [2.05, 4.69) is 11.9 Å². The second-order valence-electron chi connectivity index (χ2n) is 5.61. The molecule has 1 unspecified atom stereocenters. The molecule has 0 fully saturated rings. The second-order valence-corrected chi connectivity index (χ2v) is 5.61. The van der Waals surface area contributed by atoms with E-state index in [1.54, 1.807) is 20.8 Å². The number of aliphatic hydroxyl groups is 1. The predicted molar refractivity (Wildman–Crippen MR) is 76.5 cm³/mol. The molecule has 0 saturated heterocycles. The number of amides is 1. The van der Waals surface area contributed by atoms with Crippen LogP contribution in [0.1, 0.15) is 38.0 Å². The van der Waals surface area contributed by atoms with Crippen LogP contribution in [0, 0.1) is 0 Å². The van der Waals surface area contributed by atoms with Gasteiger partial charge in [0.05, 0.1) is 17.4 Å². The fraction of sp³-hybridized carbons (Fsp3) is 0.400. The van der Waals surface area contributed by atoms with E-state index in [1.807, 2.05) is 0 Å². The summed E-state index contributed by atoms with van der Waals surface area (Å²) in [6.07, 6.45) is -5.55. The molecule has 0 radical (unpaired) electrons. The van der Waals surface area contributed by atoms with E-state index in [4.69, 9.17) is 4.74 Å². The van der Waals surface area contributed by atoms with Crippen LogP contribution in [0.25, 0.3) is 0 Å². The molecule has 1 amide bonds. The highest BCUT2D eigenvalue weighted by Crippen LogP contribution is 2.34. The largest absolute Gasteiger partial charge is 0.444 e. The number of nitrogens with one attached hydrogen (secondary N) is 1. The molecular weight excluding hydrogens is 299 g/mol. The molecule has 0 aliphatic rings. The molecule has 4 nitrogen and oxygen atoms in total. The zero-order valence-corrected chi connectivity index (χ0v) is 12.5. The highest BCUT2D eigenvalue weighted by Gasteiger charge is 2.31. The van der Waals surface area contributed by atoms with E-state index in [-0.39, 0.29) is 11.3 Å². The van der Waals surface area contributed by atoms with Gasteiger partial charge in [-0.25, -0.2) is 4.79 Å². The van der Waals surface area contributed by atoms with Crippen molar-refractivity contribution in [2.75, 3.05) is 5.32 Å². The average Bonchev–Trinajstić information content (AvgIpc) is 2.34. The van der Waals surface area contributed by atoms with Gasteiger partial charge in [0.25, 0.3) is 0 Å². The van der Waals surface area contributed by atoms with E-state index >= 15 is 0 Å². The first-order chi connectivity index (χ1) is 9.94. The van der Waals surface area contributed by atoms with Crippen LogP contribution in [-0.2, 0) is 10.9 Å². The monoisotopic (exact) mass is 317 g/mol. The number of carbonyl (C=O) groups excluding carboxylic acids is 1. The maximum atomic E-state index is 12.8. The first-order valence-electron chi connectivity index (χ1n) is 6.46. The van der Waals surface area contributed by atoms with Crippen LogP contribution in [0.2, 0.25) is 0 Å². The van der Waals surface area contributed by atoms with E-state index in [9.17, 15) is 23.1 Å². The Bertz CT molecular complexity index is 562. The number of ether oxygens (including phenoxy) is 1. The SMILES string of the molecule is C=CC(O)c1ccc(C(F)(F)F)cc1NC(=O)OC(C)(C)C. The lowest BCUT2D eigenvalue weighted by atomic mass is 10.0. The highest BCUT2D eigenvalue weighted by molar-refractivity contribution is 5.86. The molecule has 0 aliphatic heterocycles. The number of rotatable bonds is 3. The Morgan fingerprint density at radius 1 is 1.36 bits per heavy atom. The van der Waals surface area contributed by atoms with Crippen molar-refractivity contribution in [1.29, 1.82) is 0 Å². The lowest BCUT2D eigenvalue weighted by Crippen LogP contribution is -2.27. The van der Waals surface area contributed by atoms with Crippen molar-refractivity contribution in [3.05, 3.63) is 42.0 Å². The molecule has 22 heavy (non-hydrogen) atoms. The van der Waals surface area contributed by atoms with Gasteiger partial charge in [0, 0.05) is 5.56 Å². The molecule has 1 aromatic carbocycles. The summed E-state index contributed by atoms with van der Waals surface area (Å²) < 4.78 is 43.3. The molecular formula is C15H18F3NO3. The number of hydrogen-bond acceptors (Lipinski definition) is 3. The molecule has 1 aromatic rings. The first-order valence-corrected chi connectivity index (χ1v) is 6.46. The zero-order valence-electron chi connectivity index (χ0n) is 12.5. The molecule has 7 heteroatoms. The molecule has 0 aromatic heterocycles. The summed E-state index contributed by atoms with van der Waals surface area (Å²) in [6, 6.07) is 2.65. The van der Waals surface area contributed by atoms with Gasteiger partial charge in [-0.1, -0.05) is 12.1 Å². The zero-order chi connectivity index (χ0) is 17.1. The summed E-state index contributed by atoms with van der Waals surface area (Å²) in [7, 11) is 0. The van der Waals surface area contributed by atoms with Gasteiger partial charge in [-0.2, -0.15) is 13.2 Å². The van der Waals surface area contributed by atoms with Crippen LogP contribution in [0.5, 0.6) is 0 Å². The molecule has 122 valence electrons. The summed E-state index contributed by atoms with van der Waals surface area (Å²) in [6.45, 7) is 8.24. The number of hydrogen-bond donors (Lipinski definition) is 2. The van der Waals surface area contributed by atoms with E-state index in [0.29, 0.717) is 0 Å². The van der Waals surface area contributed by atoms with Crippen molar-refractivity contribution in [2.24, 2.45) is 0 Å². The van der Waals surface area contributed by atoms with Gasteiger partial charge in [0.15, 0.2) is 0 Å². The maximum Gasteiger partial charge on any atom is 0.416 e. The third kappa shape index (κ3) is 5.07. The second kappa shape index (κ2) is 6.39. The summed E-state index contributed by atoms with van der Waals surface area (Å²) in [4.78, 5) is 11.7. The summed E-state index contributed by atoms with van der Waals surface area (Å²) in [5, 5.41) is 12.0. The molecule has 2 N–H and O–H groups in total. The van der Waals surface area contributed by atoms with Crippen LogP contribution in [-0.4, -0.2) is 16.8 Å². The normalized spacial score (nSPS) is 13.4. The number of anilines is 1. The Balaban J connectivity index is 3.17. The number of aliphatic hydroxyl groups excluding tert-OH is 1. The van der Waals surface area contributed by atoms with Gasteiger partial charge in [-0.05, 0) is 32.9 Å². The summed E-state index contributed by atoms with van der Waals surface area (Å²) in [5.74, 6) is 0. The smallest absolute Gasteiger partial charge is 0.416 e. The summed E-state index contributed by atoms with van der Waals surface area (Å²) in [5.41, 5.74) is -1.84. The Kier molecular flexibility index (Phi) is 5.24. The Morgan fingerprint density at radius 3 is 2.41 bits per heavy atom. The van der Waals surface area contributed by atoms with Crippen molar-refractivity contribution in [3.8, 4) is 0 Å². The van der Waals surface area contributed by atoms with E-state index < -0.39 is 29.5 Å². The Labute approximate surface area is 126 Å². The molecule has 0 heterocycles. The molecule has 0 spiro atoms. The topological polar surface area (TPSA) is 58.6 Å². The van der Waals surface area contributed by atoms with Crippen LogP contribution < -0.4 is 5.32 Å². The van der Waals surface area contributed by atoms with Crippen LogP contribution >= 0.6 is 0 Å². The van der Waals surface area contributed by atoms with Gasteiger partial charge >= 0.3 is 12.3 Å². The standard InChI is InChI=1S/C15H18F3NO3/c1-5-12(20)10-7-6-9(15(16,17)18)8-11(10)19-13(21)22-14(2,3)4/h5-8,12,20H,1H2,2-4H3,(H,19,21). The Hall–Kier alpha value is -2.02. The first kappa shape index (κ1) is 18.0.